The summed E-state index contributed by atoms with van der Waals surface area (Å²) in [5, 5.41) is 6.52. The molecule has 0 saturated heterocycles. The molecule has 0 bridgehead atoms. The number of carbonyl (C=O) groups is 1. The molecule has 3 aromatic rings. The highest BCUT2D eigenvalue weighted by Crippen LogP contribution is 2.36. The maximum Gasteiger partial charge on any atom is 0.319 e. The van der Waals surface area contributed by atoms with Gasteiger partial charge in [-0.2, -0.15) is 0 Å². The highest BCUT2D eigenvalue weighted by atomic mass is 16.5. The van der Waals surface area contributed by atoms with Gasteiger partial charge in [-0.15, -0.1) is 0 Å². The van der Waals surface area contributed by atoms with E-state index < -0.39 is 0 Å². The number of nitrogens with zero attached hydrogens (tertiary/aromatic N) is 3. The third-order valence-electron chi connectivity index (χ3n) is 4.77. The number of amides is 2. The van der Waals surface area contributed by atoms with E-state index in [2.05, 4.69) is 27.5 Å². The molecule has 0 saturated carbocycles. The van der Waals surface area contributed by atoms with Crippen molar-refractivity contribution < 1.29 is 14.3 Å². The first-order valence-corrected chi connectivity index (χ1v) is 9.82. The van der Waals surface area contributed by atoms with Crippen LogP contribution in [0, 0.1) is 0 Å². The van der Waals surface area contributed by atoms with Gasteiger partial charge in [-0.3, -0.25) is 0 Å². The minimum absolute atomic E-state index is 0.201. The van der Waals surface area contributed by atoms with Crippen LogP contribution in [0.1, 0.15) is 19.8 Å². The van der Waals surface area contributed by atoms with Crippen molar-refractivity contribution in [3.63, 3.8) is 0 Å². The molecule has 2 amide bonds. The van der Waals surface area contributed by atoms with E-state index in [0.717, 1.165) is 40.9 Å². The van der Waals surface area contributed by atoms with Crippen LogP contribution in [0.3, 0.4) is 0 Å². The number of fused-ring (bicyclic) bond motifs is 1. The van der Waals surface area contributed by atoms with Crippen LogP contribution in [-0.4, -0.2) is 43.8 Å². The van der Waals surface area contributed by atoms with Crippen LogP contribution in [0.15, 0.2) is 42.7 Å². The van der Waals surface area contributed by atoms with Gasteiger partial charge in [-0.05, 0) is 36.8 Å². The van der Waals surface area contributed by atoms with Gasteiger partial charge >= 0.3 is 6.03 Å². The quantitative estimate of drug-likeness (QED) is 0.538. The van der Waals surface area contributed by atoms with Crippen LogP contribution in [-0.2, 0) is 0 Å². The lowest BCUT2D eigenvalue weighted by molar-refractivity contribution is 0.252. The number of carbonyl (C=O) groups excluding carboxylic acids is 1. The second kappa shape index (κ2) is 9.78. The average molecular weight is 409 g/mol. The number of benzene rings is 2. The number of anilines is 3. The molecule has 8 heteroatoms. The molecule has 0 unspecified atom stereocenters. The molecule has 2 N–H and O–H groups in total. The fraction of sp³-hybridized carbons (Fsp3) is 0.318. The summed E-state index contributed by atoms with van der Waals surface area (Å²) in [6.07, 6.45) is 3.52. The third kappa shape index (κ3) is 4.71. The van der Waals surface area contributed by atoms with E-state index >= 15 is 0 Å². The molecule has 1 heterocycles. The predicted octanol–water partition coefficient (Wildman–Crippen LogP) is 4.34. The van der Waals surface area contributed by atoms with E-state index in [1.54, 1.807) is 14.2 Å². The smallest absolute Gasteiger partial charge is 0.319 e. The molecule has 0 aliphatic heterocycles. The number of ether oxygens (including phenoxy) is 2. The minimum atomic E-state index is -0.201. The average Bonchev–Trinajstić information content (AvgIpc) is 2.77. The summed E-state index contributed by atoms with van der Waals surface area (Å²) in [6.45, 7) is 2.75. The van der Waals surface area contributed by atoms with E-state index in [1.165, 1.54) is 6.33 Å². The Morgan fingerprint density at radius 1 is 1.07 bits per heavy atom. The highest BCUT2D eigenvalue weighted by Gasteiger charge is 2.14. The summed E-state index contributed by atoms with van der Waals surface area (Å²) in [4.78, 5) is 22.7. The van der Waals surface area contributed by atoms with Crippen molar-refractivity contribution in [3.8, 4) is 11.5 Å². The van der Waals surface area contributed by atoms with Gasteiger partial charge in [0.05, 0.1) is 19.7 Å². The molecule has 0 atom stereocenters. The van der Waals surface area contributed by atoms with Crippen LogP contribution in [0.4, 0.5) is 22.0 Å². The van der Waals surface area contributed by atoms with Gasteiger partial charge in [0.1, 0.15) is 12.1 Å². The zero-order valence-corrected chi connectivity index (χ0v) is 17.7. The molecule has 0 aliphatic carbocycles. The lowest BCUT2D eigenvalue weighted by atomic mass is 10.2. The Hall–Kier alpha value is -3.55. The predicted molar refractivity (Wildman–Crippen MR) is 119 cm³/mol. The van der Waals surface area contributed by atoms with Gasteiger partial charge in [-0.1, -0.05) is 13.3 Å². The first kappa shape index (κ1) is 21.2. The summed E-state index contributed by atoms with van der Waals surface area (Å²) in [5.41, 5.74) is 2.40. The van der Waals surface area contributed by atoms with Gasteiger partial charge in [-0.25, -0.2) is 14.8 Å². The fourth-order valence-electron chi connectivity index (χ4n) is 3.08. The Morgan fingerprint density at radius 3 is 2.43 bits per heavy atom. The van der Waals surface area contributed by atoms with E-state index in [0.29, 0.717) is 18.0 Å². The molecule has 2 aromatic carbocycles. The highest BCUT2D eigenvalue weighted by molar-refractivity contribution is 5.94. The number of hydrogen-bond donors (Lipinski definition) is 2. The van der Waals surface area contributed by atoms with Crippen LogP contribution in [0.5, 0.6) is 11.5 Å². The Bertz CT molecular complexity index is 1010. The number of urea groups is 1. The van der Waals surface area contributed by atoms with Gasteiger partial charge in [0.15, 0.2) is 11.5 Å². The third-order valence-corrected chi connectivity index (χ3v) is 4.77. The van der Waals surface area contributed by atoms with Crippen molar-refractivity contribution in [2.45, 2.75) is 19.8 Å². The first-order chi connectivity index (χ1) is 14.6. The molecular formula is C22H27N5O3. The van der Waals surface area contributed by atoms with E-state index in [-0.39, 0.29) is 6.03 Å². The number of nitrogens with one attached hydrogen (secondary N) is 2. The lowest BCUT2D eigenvalue weighted by Gasteiger charge is -2.21. The fourth-order valence-corrected chi connectivity index (χ4v) is 3.08. The van der Waals surface area contributed by atoms with Crippen molar-refractivity contribution in [2.75, 3.05) is 38.0 Å². The Labute approximate surface area is 176 Å². The molecule has 0 fully saturated rings. The first-order valence-electron chi connectivity index (χ1n) is 9.82. The molecule has 30 heavy (non-hydrogen) atoms. The number of rotatable bonds is 8. The van der Waals surface area contributed by atoms with Crippen molar-refractivity contribution in [1.82, 2.24) is 15.3 Å². The standard InChI is InChI=1S/C22H27N5O3/c1-5-6-11-23-22(28)26-15-7-9-16(10-8-15)27(2)21-17-12-19(29-3)20(30-4)13-18(17)24-14-25-21/h7-10,12-14H,5-6,11H2,1-4H3,(H2,23,26,28). The molecule has 8 nitrogen and oxygen atoms in total. The Morgan fingerprint density at radius 2 is 1.77 bits per heavy atom. The minimum Gasteiger partial charge on any atom is -0.493 e. The van der Waals surface area contributed by atoms with Crippen molar-refractivity contribution in [3.05, 3.63) is 42.7 Å². The largest absolute Gasteiger partial charge is 0.493 e. The van der Waals surface area contributed by atoms with E-state index in [1.807, 2.05) is 48.3 Å². The Balaban J connectivity index is 1.82. The number of aromatic nitrogens is 2. The van der Waals surface area contributed by atoms with Gasteiger partial charge in [0.2, 0.25) is 0 Å². The zero-order valence-electron chi connectivity index (χ0n) is 17.7. The van der Waals surface area contributed by atoms with Gasteiger partial charge < -0.3 is 25.0 Å². The molecule has 1 aromatic heterocycles. The number of unbranched alkanes of at least 4 members (excludes halogenated alkanes) is 1. The summed E-state index contributed by atoms with van der Waals surface area (Å²) in [7, 11) is 5.12. The molecule has 0 aliphatic rings. The molecule has 0 radical (unpaired) electrons. The summed E-state index contributed by atoms with van der Waals surface area (Å²) in [5.74, 6) is 1.96. The van der Waals surface area contributed by atoms with Crippen LogP contribution in [0.25, 0.3) is 10.9 Å². The monoisotopic (exact) mass is 409 g/mol. The molecule has 158 valence electrons. The molecule has 3 rings (SSSR count). The van der Waals surface area contributed by atoms with E-state index in [9.17, 15) is 4.79 Å². The second-order valence-electron chi connectivity index (χ2n) is 6.76. The van der Waals surface area contributed by atoms with Crippen LogP contribution >= 0.6 is 0 Å². The van der Waals surface area contributed by atoms with Gasteiger partial charge in [0, 0.05) is 36.4 Å². The molecular weight excluding hydrogens is 382 g/mol. The lowest BCUT2D eigenvalue weighted by Crippen LogP contribution is -2.29. The number of hydrogen-bond acceptors (Lipinski definition) is 6. The maximum atomic E-state index is 11.9. The summed E-state index contributed by atoms with van der Waals surface area (Å²) >= 11 is 0. The van der Waals surface area contributed by atoms with E-state index in [4.69, 9.17) is 9.47 Å². The zero-order chi connectivity index (χ0) is 21.5. The van der Waals surface area contributed by atoms with Crippen molar-refractivity contribution >= 4 is 34.1 Å². The van der Waals surface area contributed by atoms with Crippen LogP contribution < -0.4 is 25.0 Å². The van der Waals surface area contributed by atoms with Gasteiger partial charge in [0.25, 0.3) is 0 Å². The topological polar surface area (TPSA) is 88.6 Å². The normalized spacial score (nSPS) is 10.5. The van der Waals surface area contributed by atoms with Crippen molar-refractivity contribution in [1.29, 1.82) is 0 Å². The molecule has 0 spiro atoms. The summed E-state index contributed by atoms with van der Waals surface area (Å²) in [6, 6.07) is 11.1. The van der Waals surface area contributed by atoms with Crippen LogP contribution in [0.2, 0.25) is 0 Å². The maximum absolute atomic E-state index is 11.9. The number of methoxy groups -OCH3 is 2. The summed E-state index contributed by atoms with van der Waals surface area (Å²) < 4.78 is 10.8. The Kier molecular flexibility index (Phi) is 6.90. The SMILES string of the molecule is CCCCNC(=O)Nc1ccc(N(C)c2ncnc3cc(OC)c(OC)cc23)cc1. The second-order valence-corrected chi connectivity index (χ2v) is 6.76. The van der Waals surface area contributed by atoms with Crippen molar-refractivity contribution in [2.24, 2.45) is 0 Å².